The third-order valence-electron chi connectivity index (χ3n) is 2.39. The summed E-state index contributed by atoms with van der Waals surface area (Å²) in [6, 6.07) is 3.21. The number of nitrogens with zero attached hydrogens (tertiary/aromatic N) is 2. The van der Waals surface area contributed by atoms with Gasteiger partial charge in [0.2, 0.25) is 0 Å². The minimum Gasteiger partial charge on any atom is -0.433 e. The lowest BCUT2D eigenvalue weighted by molar-refractivity contribution is -0.0500. The highest BCUT2D eigenvalue weighted by molar-refractivity contribution is 5.41. The highest BCUT2D eigenvalue weighted by Crippen LogP contribution is 2.17. The van der Waals surface area contributed by atoms with E-state index < -0.39 is 6.61 Å². The van der Waals surface area contributed by atoms with E-state index >= 15 is 0 Å². The van der Waals surface area contributed by atoms with Gasteiger partial charge in [-0.25, -0.2) is 4.98 Å². The first-order chi connectivity index (χ1) is 7.75. The molecule has 1 N–H and O–H groups in total. The predicted octanol–water partition coefficient (Wildman–Crippen LogP) is 1.09. The van der Waals surface area contributed by atoms with Crippen molar-refractivity contribution in [2.24, 2.45) is 0 Å². The fourth-order valence-corrected chi connectivity index (χ4v) is 1.63. The smallest absolute Gasteiger partial charge is 0.387 e. The number of piperazine rings is 1. The van der Waals surface area contributed by atoms with Crippen molar-refractivity contribution in [3.63, 3.8) is 0 Å². The van der Waals surface area contributed by atoms with E-state index in [1.54, 1.807) is 6.07 Å². The topological polar surface area (TPSA) is 37.4 Å². The predicted molar refractivity (Wildman–Crippen MR) is 56.0 cm³/mol. The lowest BCUT2D eigenvalue weighted by Gasteiger charge is -2.28. The van der Waals surface area contributed by atoms with Gasteiger partial charge in [0.05, 0.1) is 6.20 Å². The van der Waals surface area contributed by atoms with Crippen LogP contribution in [-0.4, -0.2) is 37.8 Å². The van der Waals surface area contributed by atoms with Crippen molar-refractivity contribution in [2.75, 3.05) is 31.1 Å². The van der Waals surface area contributed by atoms with Gasteiger partial charge in [0, 0.05) is 26.2 Å². The molecule has 0 aromatic carbocycles. The minimum absolute atomic E-state index is 0.0916. The molecular weight excluding hydrogens is 216 g/mol. The molecule has 1 aliphatic rings. The maximum atomic E-state index is 11.9. The second-order valence-electron chi connectivity index (χ2n) is 3.47. The Kier molecular flexibility index (Phi) is 3.51. The van der Waals surface area contributed by atoms with Gasteiger partial charge in [0.25, 0.3) is 0 Å². The first-order valence-electron chi connectivity index (χ1n) is 5.12. The molecule has 4 nitrogen and oxygen atoms in total. The van der Waals surface area contributed by atoms with Gasteiger partial charge in [-0.15, -0.1) is 0 Å². The normalized spacial score (nSPS) is 16.6. The number of halogens is 2. The van der Waals surface area contributed by atoms with E-state index in [9.17, 15) is 8.78 Å². The largest absolute Gasteiger partial charge is 0.433 e. The Morgan fingerprint density at radius 1 is 1.31 bits per heavy atom. The number of pyridine rings is 1. The zero-order chi connectivity index (χ0) is 11.4. The number of hydrogen-bond acceptors (Lipinski definition) is 4. The third kappa shape index (κ3) is 2.79. The Labute approximate surface area is 92.2 Å². The van der Waals surface area contributed by atoms with E-state index in [1.165, 1.54) is 12.3 Å². The van der Waals surface area contributed by atoms with Gasteiger partial charge in [-0.05, 0) is 12.1 Å². The molecule has 1 aliphatic heterocycles. The molecule has 0 bridgehead atoms. The van der Waals surface area contributed by atoms with Crippen molar-refractivity contribution in [3.8, 4) is 5.75 Å². The standard InChI is InChI=1S/C10H13F2N3O/c11-10(12)16-8-1-2-9(14-7-8)15-5-3-13-4-6-15/h1-2,7,10,13H,3-6H2. The molecule has 16 heavy (non-hydrogen) atoms. The van der Waals surface area contributed by atoms with Gasteiger partial charge in [-0.1, -0.05) is 0 Å². The molecule has 2 rings (SSSR count). The molecular formula is C10H13F2N3O. The number of rotatable bonds is 3. The van der Waals surface area contributed by atoms with E-state index in [-0.39, 0.29) is 5.75 Å². The highest BCUT2D eigenvalue weighted by Gasteiger charge is 2.12. The number of aromatic nitrogens is 1. The lowest BCUT2D eigenvalue weighted by atomic mass is 10.3. The molecule has 0 unspecified atom stereocenters. The number of anilines is 1. The van der Waals surface area contributed by atoms with Gasteiger partial charge in [-0.3, -0.25) is 0 Å². The van der Waals surface area contributed by atoms with Crippen molar-refractivity contribution in [1.82, 2.24) is 10.3 Å². The SMILES string of the molecule is FC(F)Oc1ccc(N2CCNCC2)nc1. The first-order valence-corrected chi connectivity index (χ1v) is 5.12. The molecule has 0 amide bonds. The van der Waals surface area contributed by atoms with Crippen molar-refractivity contribution in [3.05, 3.63) is 18.3 Å². The average molecular weight is 229 g/mol. The van der Waals surface area contributed by atoms with Crippen LogP contribution >= 0.6 is 0 Å². The minimum atomic E-state index is -2.80. The Bertz CT molecular complexity index is 325. The van der Waals surface area contributed by atoms with Gasteiger partial charge < -0.3 is 15.0 Å². The van der Waals surface area contributed by atoms with Crippen LogP contribution in [0.2, 0.25) is 0 Å². The van der Waals surface area contributed by atoms with Crippen molar-refractivity contribution in [1.29, 1.82) is 0 Å². The molecule has 1 saturated heterocycles. The lowest BCUT2D eigenvalue weighted by Crippen LogP contribution is -2.43. The van der Waals surface area contributed by atoms with Crippen LogP contribution in [0.1, 0.15) is 0 Å². The molecule has 1 aromatic heterocycles. The van der Waals surface area contributed by atoms with Crippen molar-refractivity contribution >= 4 is 5.82 Å². The van der Waals surface area contributed by atoms with E-state index in [2.05, 4.69) is 19.9 Å². The average Bonchev–Trinajstić information content (AvgIpc) is 2.30. The number of hydrogen-bond donors (Lipinski definition) is 1. The van der Waals surface area contributed by atoms with Gasteiger partial charge in [-0.2, -0.15) is 8.78 Å². The maximum Gasteiger partial charge on any atom is 0.387 e. The van der Waals surface area contributed by atoms with E-state index in [0.717, 1.165) is 32.0 Å². The fourth-order valence-electron chi connectivity index (χ4n) is 1.63. The zero-order valence-corrected chi connectivity index (χ0v) is 8.70. The van der Waals surface area contributed by atoms with E-state index in [1.807, 2.05) is 0 Å². The molecule has 0 spiro atoms. The summed E-state index contributed by atoms with van der Waals surface area (Å²) in [5.74, 6) is 0.886. The molecule has 88 valence electrons. The van der Waals surface area contributed by atoms with Gasteiger partial charge in [0.1, 0.15) is 11.6 Å². The maximum absolute atomic E-state index is 11.9. The number of ether oxygens (including phenoxy) is 1. The van der Waals surface area contributed by atoms with Crippen LogP contribution in [0.4, 0.5) is 14.6 Å². The van der Waals surface area contributed by atoms with E-state index in [0.29, 0.717) is 0 Å². The number of alkyl halides is 2. The summed E-state index contributed by atoms with van der Waals surface area (Å²) in [6.45, 7) is 0.782. The van der Waals surface area contributed by atoms with Crippen LogP contribution in [0.15, 0.2) is 18.3 Å². The van der Waals surface area contributed by atoms with Crippen LogP contribution in [0.5, 0.6) is 5.75 Å². The molecule has 1 aromatic rings. The monoisotopic (exact) mass is 229 g/mol. The van der Waals surface area contributed by atoms with Crippen LogP contribution in [0.25, 0.3) is 0 Å². The van der Waals surface area contributed by atoms with Crippen molar-refractivity contribution < 1.29 is 13.5 Å². The summed E-state index contributed by atoms with van der Waals surface area (Å²) in [5.41, 5.74) is 0. The summed E-state index contributed by atoms with van der Waals surface area (Å²) >= 11 is 0. The van der Waals surface area contributed by atoms with Crippen LogP contribution in [0, 0.1) is 0 Å². The van der Waals surface area contributed by atoms with Gasteiger partial charge in [0.15, 0.2) is 0 Å². The zero-order valence-electron chi connectivity index (χ0n) is 8.70. The second kappa shape index (κ2) is 5.07. The summed E-state index contributed by atoms with van der Waals surface area (Å²) in [7, 11) is 0. The Balaban J connectivity index is 2.00. The molecule has 0 saturated carbocycles. The molecule has 2 heterocycles. The third-order valence-corrected chi connectivity index (χ3v) is 2.39. The number of nitrogens with one attached hydrogen (secondary N) is 1. The molecule has 0 aliphatic carbocycles. The summed E-state index contributed by atoms with van der Waals surface area (Å²) in [4.78, 5) is 6.20. The molecule has 0 atom stereocenters. The van der Waals surface area contributed by atoms with Crippen molar-refractivity contribution in [2.45, 2.75) is 6.61 Å². The van der Waals surface area contributed by atoms with Gasteiger partial charge >= 0.3 is 6.61 Å². The molecule has 6 heteroatoms. The Hall–Kier alpha value is -1.43. The fraction of sp³-hybridized carbons (Fsp3) is 0.500. The summed E-state index contributed by atoms with van der Waals surface area (Å²) in [6.07, 6.45) is 1.32. The van der Waals surface area contributed by atoms with Crippen LogP contribution < -0.4 is 15.0 Å². The highest BCUT2D eigenvalue weighted by atomic mass is 19.3. The summed E-state index contributed by atoms with van der Waals surface area (Å²) < 4.78 is 28.0. The van der Waals surface area contributed by atoms with E-state index in [4.69, 9.17) is 0 Å². The molecule has 0 radical (unpaired) electrons. The Morgan fingerprint density at radius 2 is 2.06 bits per heavy atom. The quantitative estimate of drug-likeness (QED) is 0.842. The van der Waals surface area contributed by atoms with Crippen LogP contribution in [0.3, 0.4) is 0 Å². The first kappa shape index (κ1) is 11.1. The summed E-state index contributed by atoms with van der Waals surface area (Å²) in [5, 5.41) is 3.23. The Morgan fingerprint density at radius 3 is 2.62 bits per heavy atom. The van der Waals surface area contributed by atoms with Crippen LogP contribution in [-0.2, 0) is 0 Å². The second-order valence-corrected chi connectivity index (χ2v) is 3.47. The molecule has 1 fully saturated rings.